The fraction of sp³-hybridized carbons (Fsp3) is 0.632. The summed E-state index contributed by atoms with van der Waals surface area (Å²) in [6.45, 7) is 9.50. The summed E-state index contributed by atoms with van der Waals surface area (Å²) in [5.74, 6) is 1.43. The standard InChI is InChI=1S/C19H30ClN3O3/c1-4-21-19(23-14(2)12-25-16-9-10-24-13-16)22-11-15(3)26-18-8-6-5-7-17(18)20/h5-8,14-16H,4,9-13H2,1-3H3,(H2,21,22,23). The van der Waals surface area contributed by atoms with Gasteiger partial charge in [0.2, 0.25) is 0 Å². The van der Waals surface area contributed by atoms with E-state index in [0.29, 0.717) is 30.5 Å². The zero-order chi connectivity index (χ0) is 18.8. The Labute approximate surface area is 161 Å². The second-order valence-electron chi connectivity index (χ2n) is 6.44. The van der Waals surface area contributed by atoms with E-state index in [1.807, 2.05) is 38.1 Å². The Morgan fingerprint density at radius 3 is 2.88 bits per heavy atom. The Morgan fingerprint density at radius 1 is 1.38 bits per heavy atom. The van der Waals surface area contributed by atoms with Gasteiger partial charge in [-0.25, -0.2) is 4.99 Å². The Bertz CT molecular complexity index is 565. The van der Waals surface area contributed by atoms with Crippen molar-refractivity contribution in [3.63, 3.8) is 0 Å². The van der Waals surface area contributed by atoms with Crippen molar-refractivity contribution in [1.82, 2.24) is 10.6 Å². The van der Waals surface area contributed by atoms with E-state index in [4.69, 9.17) is 25.8 Å². The van der Waals surface area contributed by atoms with Crippen LogP contribution in [0.2, 0.25) is 5.02 Å². The third kappa shape index (κ3) is 7.40. The Kier molecular flexibility index (Phi) is 9.01. The second-order valence-corrected chi connectivity index (χ2v) is 6.85. The molecule has 0 saturated carbocycles. The molecule has 2 N–H and O–H groups in total. The minimum Gasteiger partial charge on any atom is -0.487 e. The number of halogens is 1. The molecule has 0 spiro atoms. The molecule has 1 aliphatic heterocycles. The van der Waals surface area contributed by atoms with E-state index in [-0.39, 0.29) is 18.2 Å². The average molecular weight is 384 g/mol. The minimum atomic E-state index is -0.0902. The van der Waals surface area contributed by atoms with Crippen LogP contribution in [0.5, 0.6) is 5.75 Å². The van der Waals surface area contributed by atoms with Crippen molar-refractivity contribution in [2.24, 2.45) is 4.99 Å². The molecule has 3 unspecified atom stereocenters. The van der Waals surface area contributed by atoms with Crippen LogP contribution in [0.3, 0.4) is 0 Å². The van der Waals surface area contributed by atoms with E-state index < -0.39 is 0 Å². The first-order valence-corrected chi connectivity index (χ1v) is 9.61. The summed E-state index contributed by atoms with van der Waals surface area (Å²) in [6, 6.07) is 7.60. The van der Waals surface area contributed by atoms with Gasteiger partial charge in [0.05, 0.1) is 30.9 Å². The number of nitrogens with one attached hydrogen (secondary N) is 2. The van der Waals surface area contributed by atoms with Crippen molar-refractivity contribution >= 4 is 17.6 Å². The summed E-state index contributed by atoms with van der Waals surface area (Å²) < 4.78 is 17.0. The van der Waals surface area contributed by atoms with Crippen molar-refractivity contribution in [2.75, 3.05) is 32.9 Å². The quantitative estimate of drug-likeness (QED) is 0.507. The molecular weight excluding hydrogens is 354 g/mol. The number of para-hydroxylation sites is 1. The lowest BCUT2D eigenvalue weighted by atomic mass is 10.3. The lowest BCUT2D eigenvalue weighted by Gasteiger charge is -2.20. The van der Waals surface area contributed by atoms with E-state index in [0.717, 1.165) is 25.5 Å². The molecule has 3 atom stereocenters. The molecule has 1 aromatic carbocycles. The van der Waals surface area contributed by atoms with Crippen LogP contribution in [0.1, 0.15) is 27.2 Å². The lowest BCUT2D eigenvalue weighted by Crippen LogP contribution is -2.45. The topological polar surface area (TPSA) is 64.1 Å². The van der Waals surface area contributed by atoms with Crippen molar-refractivity contribution in [3.05, 3.63) is 29.3 Å². The molecule has 2 rings (SSSR count). The summed E-state index contributed by atoms with van der Waals surface area (Å²) in [5.41, 5.74) is 0. The lowest BCUT2D eigenvalue weighted by molar-refractivity contribution is 0.0347. The molecule has 146 valence electrons. The molecule has 0 bridgehead atoms. The molecule has 1 aromatic rings. The normalized spacial score (nSPS) is 19.8. The average Bonchev–Trinajstić information content (AvgIpc) is 3.14. The fourth-order valence-electron chi connectivity index (χ4n) is 2.53. The number of benzene rings is 1. The molecule has 0 aromatic heterocycles. The Hall–Kier alpha value is -1.50. The summed E-state index contributed by atoms with van der Waals surface area (Å²) >= 11 is 6.13. The number of aliphatic imine (C=N–C) groups is 1. The third-order valence-corrected chi connectivity index (χ3v) is 4.18. The molecule has 0 aliphatic carbocycles. The molecule has 26 heavy (non-hydrogen) atoms. The molecule has 1 saturated heterocycles. The van der Waals surface area contributed by atoms with Crippen LogP contribution in [0.4, 0.5) is 0 Å². The first-order chi connectivity index (χ1) is 12.6. The van der Waals surface area contributed by atoms with E-state index in [1.165, 1.54) is 0 Å². The first kappa shape index (κ1) is 20.8. The maximum absolute atomic E-state index is 6.13. The van der Waals surface area contributed by atoms with Gasteiger partial charge in [-0.05, 0) is 39.3 Å². The maximum Gasteiger partial charge on any atom is 0.191 e. The van der Waals surface area contributed by atoms with Gasteiger partial charge in [0.25, 0.3) is 0 Å². The smallest absolute Gasteiger partial charge is 0.191 e. The molecule has 6 nitrogen and oxygen atoms in total. The van der Waals surface area contributed by atoms with Crippen molar-refractivity contribution in [1.29, 1.82) is 0 Å². The van der Waals surface area contributed by atoms with Gasteiger partial charge in [-0.1, -0.05) is 23.7 Å². The van der Waals surface area contributed by atoms with Crippen molar-refractivity contribution in [3.8, 4) is 5.75 Å². The Balaban J connectivity index is 1.79. The second kappa shape index (κ2) is 11.3. The molecule has 1 heterocycles. The summed E-state index contributed by atoms with van der Waals surface area (Å²) in [4.78, 5) is 4.61. The SMILES string of the molecule is CCNC(=NCC(C)Oc1ccccc1Cl)NC(C)COC1CCOC1. The largest absolute Gasteiger partial charge is 0.487 e. The van der Waals surface area contributed by atoms with Crippen molar-refractivity contribution < 1.29 is 14.2 Å². The van der Waals surface area contributed by atoms with E-state index >= 15 is 0 Å². The van der Waals surface area contributed by atoms with Crippen LogP contribution in [-0.4, -0.2) is 57.1 Å². The molecular formula is C19H30ClN3O3. The highest BCUT2D eigenvalue weighted by Crippen LogP contribution is 2.24. The van der Waals surface area contributed by atoms with Gasteiger partial charge < -0.3 is 24.8 Å². The first-order valence-electron chi connectivity index (χ1n) is 9.23. The highest BCUT2D eigenvalue weighted by Gasteiger charge is 2.17. The molecule has 0 amide bonds. The number of nitrogens with zero attached hydrogens (tertiary/aromatic N) is 1. The number of hydrogen-bond donors (Lipinski definition) is 2. The maximum atomic E-state index is 6.13. The molecule has 7 heteroatoms. The van der Waals surface area contributed by atoms with Crippen LogP contribution in [0.15, 0.2) is 29.3 Å². The predicted molar refractivity (Wildman–Crippen MR) is 105 cm³/mol. The van der Waals surface area contributed by atoms with E-state index in [2.05, 4.69) is 22.5 Å². The Morgan fingerprint density at radius 2 is 2.19 bits per heavy atom. The van der Waals surface area contributed by atoms with Gasteiger partial charge in [-0.3, -0.25) is 0 Å². The highest BCUT2D eigenvalue weighted by atomic mass is 35.5. The molecule has 1 aliphatic rings. The van der Waals surface area contributed by atoms with Gasteiger partial charge >= 0.3 is 0 Å². The van der Waals surface area contributed by atoms with E-state index in [9.17, 15) is 0 Å². The van der Waals surface area contributed by atoms with E-state index in [1.54, 1.807) is 0 Å². The highest BCUT2D eigenvalue weighted by molar-refractivity contribution is 6.32. The summed E-state index contributed by atoms with van der Waals surface area (Å²) in [6.07, 6.45) is 1.09. The van der Waals surface area contributed by atoms with Crippen LogP contribution < -0.4 is 15.4 Å². The third-order valence-electron chi connectivity index (χ3n) is 3.87. The van der Waals surface area contributed by atoms with Crippen molar-refractivity contribution in [2.45, 2.75) is 45.4 Å². The van der Waals surface area contributed by atoms with Gasteiger partial charge in [0, 0.05) is 19.2 Å². The zero-order valence-corrected chi connectivity index (χ0v) is 16.6. The minimum absolute atomic E-state index is 0.0902. The van der Waals surface area contributed by atoms with Gasteiger partial charge in [0.1, 0.15) is 11.9 Å². The monoisotopic (exact) mass is 383 g/mol. The van der Waals surface area contributed by atoms with Crippen LogP contribution >= 0.6 is 11.6 Å². The number of ether oxygens (including phenoxy) is 3. The molecule has 1 fully saturated rings. The van der Waals surface area contributed by atoms with Crippen LogP contribution in [0.25, 0.3) is 0 Å². The number of hydrogen-bond acceptors (Lipinski definition) is 4. The van der Waals surface area contributed by atoms with Gasteiger partial charge in [-0.2, -0.15) is 0 Å². The van der Waals surface area contributed by atoms with Gasteiger partial charge in [0.15, 0.2) is 5.96 Å². The summed E-state index contributed by atoms with van der Waals surface area (Å²) in [7, 11) is 0. The zero-order valence-electron chi connectivity index (χ0n) is 15.8. The summed E-state index contributed by atoms with van der Waals surface area (Å²) in [5, 5.41) is 7.22. The number of rotatable bonds is 9. The fourth-order valence-corrected chi connectivity index (χ4v) is 2.71. The van der Waals surface area contributed by atoms with Crippen LogP contribution in [-0.2, 0) is 9.47 Å². The molecule has 0 radical (unpaired) electrons. The number of guanidine groups is 1. The van der Waals surface area contributed by atoms with Gasteiger partial charge in [-0.15, -0.1) is 0 Å². The predicted octanol–water partition coefficient (Wildman–Crippen LogP) is 2.86. The van der Waals surface area contributed by atoms with Crippen LogP contribution in [0, 0.1) is 0 Å².